The first kappa shape index (κ1) is 18.3. The minimum Gasteiger partial charge on any atom is -0.504 e. The summed E-state index contributed by atoms with van der Waals surface area (Å²) in [7, 11) is 1.44. The lowest BCUT2D eigenvalue weighted by atomic mass is 10.0. The standard InChI is InChI=1S/C23H18O7/c1-27-18-10-12(6-7-14(18)25)22-19(11-24)29-17-9-8-16-20(23(17)30-22)21(26)13-4-2-3-5-15(13)28-16/h2-10,19,22,24-25H,11H2,1H3/t19-,22-/m1/s1. The fourth-order valence-electron chi connectivity index (χ4n) is 3.77. The normalized spacial score (nSPS) is 17.9. The molecule has 0 spiro atoms. The van der Waals surface area contributed by atoms with E-state index in [2.05, 4.69) is 0 Å². The zero-order chi connectivity index (χ0) is 20.8. The molecule has 0 saturated heterocycles. The van der Waals surface area contributed by atoms with E-state index >= 15 is 0 Å². The van der Waals surface area contributed by atoms with Crippen LogP contribution in [-0.2, 0) is 0 Å². The number of hydrogen-bond donors (Lipinski definition) is 2. The van der Waals surface area contributed by atoms with Crippen molar-refractivity contribution in [3.8, 4) is 23.0 Å². The van der Waals surface area contributed by atoms with Crippen LogP contribution >= 0.6 is 0 Å². The van der Waals surface area contributed by atoms with Crippen LogP contribution in [0.1, 0.15) is 11.7 Å². The Kier molecular flexibility index (Phi) is 4.25. The quantitative estimate of drug-likeness (QED) is 0.502. The topological polar surface area (TPSA) is 98.4 Å². The average Bonchev–Trinajstić information content (AvgIpc) is 2.78. The van der Waals surface area contributed by atoms with E-state index in [0.29, 0.717) is 27.9 Å². The van der Waals surface area contributed by atoms with Crippen LogP contribution in [0.3, 0.4) is 0 Å². The number of rotatable bonds is 3. The Hall–Kier alpha value is -3.71. The number of phenols is 1. The Morgan fingerprint density at radius 3 is 2.67 bits per heavy atom. The van der Waals surface area contributed by atoms with Gasteiger partial charge in [-0.1, -0.05) is 18.2 Å². The zero-order valence-corrected chi connectivity index (χ0v) is 16.0. The molecular formula is C23H18O7. The average molecular weight is 406 g/mol. The van der Waals surface area contributed by atoms with E-state index in [1.807, 2.05) is 0 Å². The summed E-state index contributed by atoms with van der Waals surface area (Å²) in [6, 6.07) is 15.1. The molecule has 7 nitrogen and oxygen atoms in total. The first-order valence-corrected chi connectivity index (χ1v) is 9.40. The van der Waals surface area contributed by atoms with E-state index in [9.17, 15) is 15.0 Å². The first-order valence-electron chi connectivity index (χ1n) is 9.40. The molecule has 5 rings (SSSR count). The van der Waals surface area contributed by atoms with Crippen molar-refractivity contribution >= 4 is 21.9 Å². The van der Waals surface area contributed by atoms with Gasteiger partial charge in [-0.05, 0) is 36.4 Å². The molecule has 0 radical (unpaired) electrons. The lowest BCUT2D eigenvalue weighted by Crippen LogP contribution is -2.36. The summed E-state index contributed by atoms with van der Waals surface area (Å²) < 4.78 is 23.3. The van der Waals surface area contributed by atoms with Crippen molar-refractivity contribution in [3.63, 3.8) is 0 Å². The number of para-hydroxylation sites is 1. The minimum atomic E-state index is -0.728. The molecule has 7 heteroatoms. The van der Waals surface area contributed by atoms with Crippen LogP contribution in [0.5, 0.6) is 23.0 Å². The van der Waals surface area contributed by atoms with E-state index in [4.69, 9.17) is 18.6 Å². The van der Waals surface area contributed by atoms with Crippen LogP contribution in [0, 0.1) is 0 Å². The summed E-state index contributed by atoms with van der Waals surface area (Å²) in [6.45, 7) is -0.308. The number of aromatic hydroxyl groups is 1. The van der Waals surface area contributed by atoms with E-state index in [1.165, 1.54) is 13.2 Å². The molecule has 4 aromatic rings. The van der Waals surface area contributed by atoms with Crippen LogP contribution < -0.4 is 19.6 Å². The third kappa shape index (κ3) is 2.74. The summed E-state index contributed by atoms with van der Waals surface area (Å²) in [5.41, 5.74) is 1.26. The van der Waals surface area contributed by atoms with Gasteiger partial charge in [0.15, 0.2) is 35.2 Å². The number of methoxy groups -OCH3 is 1. The SMILES string of the molecule is COc1cc([C@H]2Oc3c(ccc4oc5ccccc5c(=O)c34)O[C@@H]2CO)ccc1O. The minimum absolute atomic E-state index is 0.0171. The van der Waals surface area contributed by atoms with E-state index in [-0.39, 0.29) is 34.7 Å². The van der Waals surface area contributed by atoms with Gasteiger partial charge < -0.3 is 28.8 Å². The molecule has 0 saturated carbocycles. The second-order valence-corrected chi connectivity index (χ2v) is 7.00. The fraction of sp³-hybridized carbons (Fsp3) is 0.174. The summed E-state index contributed by atoms with van der Waals surface area (Å²) in [5, 5.41) is 20.5. The smallest absolute Gasteiger partial charge is 0.204 e. The zero-order valence-electron chi connectivity index (χ0n) is 16.0. The number of ether oxygens (including phenoxy) is 3. The maximum atomic E-state index is 13.2. The van der Waals surface area contributed by atoms with Gasteiger partial charge >= 0.3 is 0 Å². The molecule has 2 N–H and O–H groups in total. The van der Waals surface area contributed by atoms with Gasteiger partial charge in [-0.25, -0.2) is 0 Å². The van der Waals surface area contributed by atoms with Gasteiger partial charge in [0, 0.05) is 5.56 Å². The molecular weight excluding hydrogens is 388 g/mol. The van der Waals surface area contributed by atoms with Crippen molar-refractivity contribution in [2.24, 2.45) is 0 Å². The molecule has 0 aliphatic carbocycles. The van der Waals surface area contributed by atoms with Crippen molar-refractivity contribution in [2.45, 2.75) is 12.2 Å². The third-order valence-electron chi connectivity index (χ3n) is 5.24. The van der Waals surface area contributed by atoms with E-state index < -0.39 is 12.2 Å². The van der Waals surface area contributed by atoms with Gasteiger partial charge in [-0.3, -0.25) is 4.79 Å². The Balaban J connectivity index is 1.71. The molecule has 2 atom stereocenters. The maximum absolute atomic E-state index is 13.2. The highest BCUT2D eigenvalue weighted by atomic mass is 16.6. The van der Waals surface area contributed by atoms with Gasteiger partial charge in [0.1, 0.15) is 16.6 Å². The Labute approximate surface area is 170 Å². The summed E-state index contributed by atoms with van der Waals surface area (Å²) in [5.74, 6) is 0.860. The lowest BCUT2D eigenvalue weighted by molar-refractivity contribution is -0.0112. The number of benzene rings is 3. The number of fused-ring (bicyclic) bond motifs is 4. The molecule has 2 heterocycles. The van der Waals surface area contributed by atoms with Gasteiger partial charge in [0.05, 0.1) is 19.1 Å². The van der Waals surface area contributed by atoms with E-state index in [1.54, 1.807) is 48.5 Å². The Bertz CT molecular complexity index is 1320. The molecule has 1 aliphatic rings. The lowest BCUT2D eigenvalue weighted by Gasteiger charge is -2.33. The predicted octanol–water partition coefficient (Wildman–Crippen LogP) is 3.53. The molecule has 0 unspecified atom stereocenters. The fourth-order valence-corrected chi connectivity index (χ4v) is 3.77. The van der Waals surface area contributed by atoms with Crippen molar-refractivity contribution in [3.05, 3.63) is 70.4 Å². The van der Waals surface area contributed by atoms with Crippen molar-refractivity contribution < 1.29 is 28.8 Å². The second-order valence-electron chi connectivity index (χ2n) is 7.00. The highest BCUT2D eigenvalue weighted by Crippen LogP contribution is 2.44. The van der Waals surface area contributed by atoms with E-state index in [0.717, 1.165) is 0 Å². The van der Waals surface area contributed by atoms with Crippen molar-refractivity contribution in [1.29, 1.82) is 0 Å². The molecule has 152 valence electrons. The molecule has 0 amide bonds. The van der Waals surface area contributed by atoms with Crippen LogP contribution in [0.2, 0.25) is 0 Å². The van der Waals surface area contributed by atoms with Gasteiger partial charge in [0.2, 0.25) is 5.43 Å². The maximum Gasteiger partial charge on any atom is 0.204 e. The Morgan fingerprint density at radius 1 is 1.03 bits per heavy atom. The van der Waals surface area contributed by atoms with Gasteiger partial charge in [0.25, 0.3) is 0 Å². The van der Waals surface area contributed by atoms with Gasteiger partial charge in [-0.2, -0.15) is 0 Å². The van der Waals surface area contributed by atoms with Gasteiger partial charge in [-0.15, -0.1) is 0 Å². The Morgan fingerprint density at radius 2 is 1.87 bits per heavy atom. The summed E-state index contributed by atoms with van der Waals surface area (Å²) >= 11 is 0. The number of phenolic OH excluding ortho intramolecular Hbond substituents is 1. The molecule has 0 bridgehead atoms. The monoisotopic (exact) mass is 406 g/mol. The summed E-state index contributed by atoms with van der Waals surface area (Å²) in [4.78, 5) is 13.2. The van der Waals surface area contributed by atoms with Crippen molar-refractivity contribution in [2.75, 3.05) is 13.7 Å². The largest absolute Gasteiger partial charge is 0.504 e. The summed E-state index contributed by atoms with van der Waals surface area (Å²) in [6.07, 6.45) is -1.44. The number of hydrogen-bond acceptors (Lipinski definition) is 7. The van der Waals surface area contributed by atoms with Crippen molar-refractivity contribution in [1.82, 2.24) is 0 Å². The molecule has 0 fully saturated rings. The molecule has 1 aromatic heterocycles. The predicted molar refractivity (Wildman–Crippen MR) is 110 cm³/mol. The molecule has 1 aliphatic heterocycles. The van der Waals surface area contributed by atoms with Crippen LogP contribution in [-0.4, -0.2) is 30.0 Å². The third-order valence-corrected chi connectivity index (χ3v) is 5.24. The number of aliphatic hydroxyl groups is 1. The first-order chi connectivity index (χ1) is 14.6. The van der Waals surface area contributed by atoms with Crippen LogP contribution in [0.4, 0.5) is 0 Å². The molecule has 30 heavy (non-hydrogen) atoms. The van der Waals surface area contributed by atoms with Crippen LogP contribution in [0.25, 0.3) is 21.9 Å². The van der Waals surface area contributed by atoms with Crippen LogP contribution in [0.15, 0.2) is 63.8 Å². The highest BCUT2D eigenvalue weighted by Gasteiger charge is 2.35. The highest BCUT2D eigenvalue weighted by molar-refractivity contribution is 5.94. The molecule has 3 aromatic carbocycles. The number of aliphatic hydroxyl groups excluding tert-OH is 1. The second kappa shape index (κ2) is 6.96.